The highest BCUT2D eigenvalue weighted by Gasteiger charge is 2.37. The molecule has 3 heteroatoms. The smallest absolute Gasteiger partial charge is 0.0751 e. The molecule has 1 saturated carbocycles. The number of hydrogen-bond donors (Lipinski definition) is 1. The van der Waals surface area contributed by atoms with Crippen LogP contribution in [0.5, 0.6) is 0 Å². The molecule has 3 nitrogen and oxygen atoms in total. The summed E-state index contributed by atoms with van der Waals surface area (Å²) in [6.45, 7) is 2.28. The van der Waals surface area contributed by atoms with E-state index in [9.17, 15) is 5.11 Å². The molecule has 2 rings (SSSR count). The van der Waals surface area contributed by atoms with Crippen LogP contribution in [-0.4, -0.2) is 48.5 Å². The number of hydrogen-bond acceptors (Lipinski definition) is 3. The van der Waals surface area contributed by atoms with Crippen LogP contribution in [0, 0.1) is 0 Å². The van der Waals surface area contributed by atoms with Crippen LogP contribution >= 0.6 is 0 Å². The predicted molar refractivity (Wildman–Crippen MR) is 55.2 cm³/mol. The summed E-state index contributed by atoms with van der Waals surface area (Å²) in [5.41, 5.74) is 0. The zero-order chi connectivity index (χ0) is 9.97. The average Bonchev–Trinajstić information content (AvgIpc) is 2.70. The lowest BCUT2D eigenvalue weighted by molar-refractivity contribution is -0.0663. The highest BCUT2D eigenvalue weighted by atomic mass is 16.5. The first-order valence-corrected chi connectivity index (χ1v) is 5.78. The van der Waals surface area contributed by atoms with Gasteiger partial charge in [-0.2, -0.15) is 0 Å². The Balaban J connectivity index is 2.02. The van der Waals surface area contributed by atoms with Gasteiger partial charge in [0.25, 0.3) is 0 Å². The lowest BCUT2D eigenvalue weighted by Gasteiger charge is -2.40. The van der Waals surface area contributed by atoms with E-state index in [1.54, 1.807) is 7.11 Å². The van der Waals surface area contributed by atoms with Gasteiger partial charge in [0, 0.05) is 7.11 Å². The summed E-state index contributed by atoms with van der Waals surface area (Å²) in [5.74, 6) is 0. The molecule has 1 saturated heterocycles. The number of likely N-dealkylation sites (tertiary alicyclic amines) is 1. The van der Waals surface area contributed by atoms with Gasteiger partial charge in [-0.3, -0.25) is 4.90 Å². The van der Waals surface area contributed by atoms with E-state index in [0.717, 1.165) is 32.4 Å². The van der Waals surface area contributed by atoms with Crippen LogP contribution in [0.3, 0.4) is 0 Å². The Labute approximate surface area is 86.0 Å². The van der Waals surface area contributed by atoms with Crippen molar-refractivity contribution in [1.29, 1.82) is 0 Å². The minimum absolute atomic E-state index is 0.174. The third kappa shape index (κ3) is 1.95. The van der Waals surface area contributed by atoms with E-state index in [-0.39, 0.29) is 18.2 Å². The Morgan fingerprint density at radius 2 is 1.86 bits per heavy atom. The van der Waals surface area contributed by atoms with E-state index < -0.39 is 0 Å². The molecule has 0 aromatic carbocycles. The second-order valence-corrected chi connectivity index (χ2v) is 4.51. The molecule has 0 aromatic heterocycles. The van der Waals surface area contributed by atoms with Crippen molar-refractivity contribution in [2.45, 2.75) is 50.4 Å². The highest BCUT2D eigenvalue weighted by Crippen LogP contribution is 2.28. The monoisotopic (exact) mass is 199 g/mol. The molecule has 1 heterocycles. The lowest BCUT2D eigenvalue weighted by Crippen LogP contribution is -2.52. The van der Waals surface area contributed by atoms with Gasteiger partial charge >= 0.3 is 0 Å². The molecule has 0 radical (unpaired) electrons. The van der Waals surface area contributed by atoms with Gasteiger partial charge in [-0.05, 0) is 45.2 Å². The maximum atomic E-state index is 10.0. The van der Waals surface area contributed by atoms with Gasteiger partial charge in [0.05, 0.1) is 18.2 Å². The van der Waals surface area contributed by atoms with Crippen LogP contribution in [0.25, 0.3) is 0 Å². The summed E-state index contributed by atoms with van der Waals surface area (Å²) in [6.07, 6.45) is 5.78. The Morgan fingerprint density at radius 3 is 2.50 bits per heavy atom. The molecule has 2 fully saturated rings. The van der Waals surface area contributed by atoms with Gasteiger partial charge in [0.2, 0.25) is 0 Å². The first kappa shape index (κ1) is 10.4. The third-order valence-corrected chi connectivity index (χ3v) is 3.63. The fourth-order valence-corrected chi connectivity index (χ4v) is 2.89. The van der Waals surface area contributed by atoms with Crippen molar-refractivity contribution in [2.75, 3.05) is 20.2 Å². The van der Waals surface area contributed by atoms with Crippen molar-refractivity contribution in [3.05, 3.63) is 0 Å². The molecular weight excluding hydrogens is 178 g/mol. The molecule has 82 valence electrons. The molecule has 1 aliphatic carbocycles. The number of nitrogens with zero attached hydrogens (tertiary/aromatic N) is 1. The molecule has 0 amide bonds. The van der Waals surface area contributed by atoms with Crippen molar-refractivity contribution in [3.8, 4) is 0 Å². The van der Waals surface area contributed by atoms with Crippen molar-refractivity contribution in [1.82, 2.24) is 4.90 Å². The maximum absolute atomic E-state index is 10.0. The SMILES string of the molecule is CO[C@@H]1CCC[C@H](O)[C@H]1N1CCCC1. The van der Waals surface area contributed by atoms with Crippen LogP contribution in [0.1, 0.15) is 32.1 Å². The van der Waals surface area contributed by atoms with Crippen LogP contribution in [0.2, 0.25) is 0 Å². The summed E-state index contributed by atoms with van der Waals surface area (Å²) >= 11 is 0. The van der Waals surface area contributed by atoms with E-state index in [4.69, 9.17) is 4.74 Å². The molecule has 0 unspecified atom stereocenters. The summed E-state index contributed by atoms with van der Waals surface area (Å²) in [6, 6.07) is 0.260. The number of aliphatic hydroxyl groups is 1. The first-order valence-electron chi connectivity index (χ1n) is 5.78. The molecule has 0 aromatic rings. The van der Waals surface area contributed by atoms with Gasteiger partial charge in [0.15, 0.2) is 0 Å². The fourth-order valence-electron chi connectivity index (χ4n) is 2.89. The van der Waals surface area contributed by atoms with Crippen molar-refractivity contribution >= 4 is 0 Å². The molecule has 3 atom stereocenters. The van der Waals surface area contributed by atoms with Gasteiger partial charge in [-0.25, -0.2) is 0 Å². The van der Waals surface area contributed by atoms with Gasteiger partial charge < -0.3 is 9.84 Å². The largest absolute Gasteiger partial charge is 0.391 e. The minimum atomic E-state index is -0.174. The molecule has 0 bridgehead atoms. The highest BCUT2D eigenvalue weighted by molar-refractivity contribution is 4.91. The van der Waals surface area contributed by atoms with E-state index in [0.29, 0.717) is 0 Å². The van der Waals surface area contributed by atoms with Crippen LogP contribution < -0.4 is 0 Å². The summed E-state index contributed by atoms with van der Waals surface area (Å²) in [7, 11) is 1.77. The van der Waals surface area contributed by atoms with Crippen LogP contribution in [0.4, 0.5) is 0 Å². The van der Waals surface area contributed by atoms with Crippen molar-refractivity contribution < 1.29 is 9.84 Å². The Kier molecular flexibility index (Phi) is 3.42. The average molecular weight is 199 g/mol. The summed E-state index contributed by atoms with van der Waals surface area (Å²) in [5, 5.41) is 10.0. The third-order valence-electron chi connectivity index (χ3n) is 3.63. The zero-order valence-corrected chi connectivity index (χ0v) is 8.98. The zero-order valence-electron chi connectivity index (χ0n) is 8.98. The van der Waals surface area contributed by atoms with Crippen molar-refractivity contribution in [2.24, 2.45) is 0 Å². The first-order chi connectivity index (χ1) is 6.83. The predicted octanol–water partition coefficient (Wildman–Crippen LogP) is 1.01. The van der Waals surface area contributed by atoms with Gasteiger partial charge in [-0.15, -0.1) is 0 Å². The number of methoxy groups -OCH3 is 1. The quantitative estimate of drug-likeness (QED) is 0.720. The normalized spacial score (nSPS) is 40.3. The molecule has 2 aliphatic rings. The standard InChI is InChI=1S/C11H21NO2/c1-14-10-6-4-5-9(13)11(10)12-7-2-3-8-12/h9-11,13H,2-8H2,1H3/t9-,10+,11+/m0/s1. The van der Waals surface area contributed by atoms with E-state index >= 15 is 0 Å². The number of rotatable bonds is 2. The Hall–Kier alpha value is -0.120. The van der Waals surface area contributed by atoms with Crippen LogP contribution in [-0.2, 0) is 4.74 Å². The van der Waals surface area contributed by atoms with E-state index in [1.165, 1.54) is 12.8 Å². The maximum Gasteiger partial charge on any atom is 0.0751 e. The van der Waals surface area contributed by atoms with Crippen LogP contribution in [0.15, 0.2) is 0 Å². The molecular formula is C11H21NO2. The molecule has 1 N–H and O–H groups in total. The fraction of sp³-hybridized carbons (Fsp3) is 1.00. The Bertz CT molecular complexity index is 178. The molecule has 1 aliphatic heterocycles. The topological polar surface area (TPSA) is 32.7 Å². The van der Waals surface area contributed by atoms with E-state index in [2.05, 4.69) is 4.90 Å². The second kappa shape index (κ2) is 4.60. The van der Waals surface area contributed by atoms with Gasteiger partial charge in [0.1, 0.15) is 0 Å². The number of aliphatic hydroxyl groups excluding tert-OH is 1. The molecule has 0 spiro atoms. The minimum Gasteiger partial charge on any atom is -0.391 e. The summed E-state index contributed by atoms with van der Waals surface area (Å²) in [4.78, 5) is 2.41. The Morgan fingerprint density at radius 1 is 1.14 bits per heavy atom. The van der Waals surface area contributed by atoms with Crippen molar-refractivity contribution in [3.63, 3.8) is 0 Å². The van der Waals surface area contributed by atoms with E-state index in [1.807, 2.05) is 0 Å². The van der Waals surface area contributed by atoms with Gasteiger partial charge in [-0.1, -0.05) is 0 Å². The summed E-state index contributed by atoms with van der Waals surface area (Å²) < 4.78 is 5.48. The lowest BCUT2D eigenvalue weighted by atomic mass is 9.89. The molecule has 14 heavy (non-hydrogen) atoms. The second-order valence-electron chi connectivity index (χ2n) is 4.51. The number of ether oxygens (including phenoxy) is 1.